The number of nitrogens with two attached hydrogens (primary N) is 1. The molecule has 0 saturated carbocycles. The van der Waals surface area contributed by atoms with E-state index in [4.69, 9.17) is 10.6 Å². The van der Waals surface area contributed by atoms with Crippen molar-refractivity contribution in [1.82, 2.24) is 20.3 Å². The largest absolute Gasteiger partial charge is 0.467 e. The van der Waals surface area contributed by atoms with Crippen LogP contribution in [0.1, 0.15) is 6.42 Å². The van der Waals surface area contributed by atoms with Crippen molar-refractivity contribution in [2.24, 2.45) is 5.84 Å². The van der Waals surface area contributed by atoms with Crippen molar-refractivity contribution in [3.8, 4) is 6.01 Å². The first-order valence-electron chi connectivity index (χ1n) is 4.90. The number of methoxy groups -OCH3 is 1. The number of amides is 1. The summed E-state index contributed by atoms with van der Waals surface area (Å²) in [5, 5.41) is 5.37. The molecule has 0 radical (unpaired) electrons. The number of nitrogens with one attached hydrogen (secondary N) is 3. The Bertz CT molecular complexity index is 362. The Labute approximate surface area is 98.1 Å². The highest BCUT2D eigenvalue weighted by Crippen LogP contribution is 2.09. The van der Waals surface area contributed by atoms with Gasteiger partial charge in [0.05, 0.1) is 7.11 Å². The molecule has 1 amide bonds. The normalized spacial score (nSPS) is 9.59. The topological polar surface area (TPSA) is 127 Å². The average Bonchev–Trinajstić information content (AvgIpc) is 2.37. The van der Waals surface area contributed by atoms with E-state index in [-0.39, 0.29) is 23.8 Å². The Morgan fingerprint density at radius 3 is 2.65 bits per heavy atom. The summed E-state index contributed by atoms with van der Waals surface area (Å²) < 4.78 is 4.87. The van der Waals surface area contributed by atoms with Crippen molar-refractivity contribution in [2.75, 3.05) is 31.4 Å². The number of carbonyl (C=O) groups excluding carboxylic acids is 1. The van der Waals surface area contributed by atoms with Crippen LogP contribution in [0.4, 0.5) is 11.9 Å². The second kappa shape index (κ2) is 6.43. The second-order valence-corrected chi connectivity index (χ2v) is 2.96. The minimum absolute atomic E-state index is 0.0734. The number of ether oxygens (including phenoxy) is 1. The van der Waals surface area contributed by atoms with Crippen LogP contribution in [0.3, 0.4) is 0 Å². The van der Waals surface area contributed by atoms with Crippen LogP contribution in [0.2, 0.25) is 0 Å². The molecule has 9 nitrogen and oxygen atoms in total. The summed E-state index contributed by atoms with van der Waals surface area (Å²) in [6.45, 7) is 0.400. The Morgan fingerprint density at radius 2 is 2.06 bits per heavy atom. The quantitative estimate of drug-likeness (QED) is 0.358. The van der Waals surface area contributed by atoms with Gasteiger partial charge in [-0.15, -0.1) is 0 Å². The molecule has 0 bridgehead atoms. The van der Waals surface area contributed by atoms with Crippen molar-refractivity contribution in [2.45, 2.75) is 6.42 Å². The van der Waals surface area contributed by atoms with Gasteiger partial charge < -0.3 is 15.4 Å². The lowest BCUT2D eigenvalue weighted by atomic mass is 10.4. The molecule has 0 aliphatic carbocycles. The molecule has 5 N–H and O–H groups in total. The molecule has 0 unspecified atom stereocenters. The molecule has 94 valence electrons. The third kappa shape index (κ3) is 4.07. The molecule has 9 heteroatoms. The van der Waals surface area contributed by atoms with E-state index in [2.05, 4.69) is 31.0 Å². The lowest BCUT2D eigenvalue weighted by Gasteiger charge is -2.07. The number of hydrogen-bond donors (Lipinski definition) is 4. The van der Waals surface area contributed by atoms with Crippen LogP contribution < -0.4 is 26.6 Å². The Morgan fingerprint density at radius 1 is 1.35 bits per heavy atom. The molecule has 1 aromatic heterocycles. The molecule has 1 aromatic rings. The first-order chi connectivity index (χ1) is 8.19. The highest BCUT2D eigenvalue weighted by molar-refractivity contribution is 5.75. The monoisotopic (exact) mass is 241 g/mol. The summed E-state index contributed by atoms with van der Waals surface area (Å²) in [6.07, 6.45) is 0.315. The molecular weight excluding hydrogens is 226 g/mol. The SMILES string of the molecule is CNC(=O)CCNc1nc(NN)nc(OC)n1. The summed E-state index contributed by atoms with van der Waals surface area (Å²) in [5.74, 6) is 5.58. The Kier molecular flexibility index (Phi) is 4.88. The van der Waals surface area contributed by atoms with Gasteiger partial charge in [0.25, 0.3) is 0 Å². The predicted molar refractivity (Wildman–Crippen MR) is 61.4 cm³/mol. The minimum atomic E-state index is -0.0734. The summed E-state index contributed by atoms with van der Waals surface area (Å²) in [7, 11) is 3.01. The lowest BCUT2D eigenvalue weighted by Crippen LogP contribution is -2.21. The summed E-state index contributed by atoms with van der Waals surface area (Å²) in [6, 6.07) is 0.135. The van der Waals surface area contributed by atoms with Gasteiger partial charge in [-0.3, -0.25) is 10.2 Å². The maximum absolute atomic E-state index is 11.0. The van der Waals surface area contributed by atoms with Gasteiger partial charge in [0.2, 0.25) is 17.8 Å². The first kappa shape index (κ1) is 12.9. The number of nitrogen functional groups attached to an aromatic ring is 1. The smallest absolute Gasteiger partial charge is 0.322 e. The maximum Gasteiger partial charge on any atom is 0.322 e. The van der Waals surface area contributed by atoms with Crippen molar-refractivity contribution >= 4 is 17.8 Å². The van der Waals surface area contributed by atoms with E-state index in [1.165, 1.54) is 7.11 Å². The van der Waals surface area contributed by atoms with Crippen LogP contribution in [0.5, 0.6) is 6.01 Å². The van der Waals surface area contributed by atoms with Gasteiger partial charge in [0.1, 0.15) is 0 Å². The van der Waals surface area contributed by atoms with E-state index >= 15 is 0 Å². The molecule has 0 fully saturated rings. The molecule has 0 saturated heterocycles. The molecule has 17 heavy (non-hydrogen) atoms. The summed E-state index contributed by atoms with van der Waals surface area (Å²) >= 11 is 0. The summed E-state index contributed by atoms with van der Waals surface area (Å²) in [5.41, 5.74) is 2.29. The zero-order valence-electron chi connectivity index (χ0n) is 9.65. The van der Waals surface area contributed by atoms with Crippen LogP contribution in [0, 0.1) is 0 Å². The molecule has 0 aromatic carbocycles. The van der Waals surface area contributed by atoms with Crippen LogP contribution in [-0.2, 0) is 4.79 Å². The number of carbonyl (C=O) groups is 1. The van der Waals surface area contributed by atoms with Crippen LogP contribution in [-0.4, -0.2) is 41.6 Å². The third-order valence-corrected chi connectivity index (χ3v) is 1.84. The van der Waals surface area contributed by atoms with Gasteiger partial charge in [-0.1, -0.05) is 0 Å². The summed E-state index contributed by atoms with van der Waals surface area (Å²) in [4.78, 5) is 22.7. The van der Waals surface area contributed by atoms with Crippen molar-refractivity contribution in [1.29, 1.82) is 0 Å². The van der Waals surface area contributed by atoms with Gasteiger partial charge >= 0.3 is 6.01 Å². The van der Waals surface area contributed by atoms with Gasteiger partial charge in [-0.25, -0.2) is 5.84 Å². The van der Waals surface area contributed by atoms with Crippen molar-refractivity contribution in [3.05, 3.63) is 0 Å². The zero-order chi connectivity index (χ0) is 12.7. The Balaban J connectivity index is 2.60. The molecular formula is C8H15N7O2. The van der Waals surface area contributed by atoms with E-state index < -0.39 is 0 Å². The molecule has 0 aliphatic rings. The molecule has 0 spiro atoms. The minimum Gasteiger partial charge on any atom is -0.467 e. The lowest BCUT2D eigenvalue weighted by molar-refractivity contribution is -0.120. The highest BCUT2D eigenvalue weighted by Gasteiger charge is 2.05. The van der Waals surface area contributed by atoms with E-state index in [0.29, 0.717) is 13.0 Å². The van der Waals surface area contributed by atoms with E-state index in [9.17, 15) is 4.79 Å². The van der Waals surface area contributed by atoms with E-state index in [1.807, 2.05) is 0 Å². The van der Waals surface area contributed by atoms with Crippen LogP contribution >= 0.6 is 0 Å². The van der Waals surface area contributed by atoms with E-state index in [1.54, 1.807) is 7.05 Å². The fraction of sp³-hybridized carbons (Fsp3) is 0.500. The standard InChI is InChI=1S/C8H15N7O2/c1-10-5(16)3-4-11-6-12-7(15-9)14-8(13-6)17-2/h3-4,9H2,1-2H3,(H,10,16)(H2,11,12,13,14,15). The number of anilines is 2. The number of rotatable bonds is 6. The maximum atomic E-state index is 11.0. The molecule has 0 aliphatic heterocycles. The average molecular weight is 241 g/mol. The van der Waals surface area contributed by atoms with Gasteiger partial charge in [0, 0.05) is 20.0 Å². The first-order valence-corrected chi connectivity index (χ1v) is 4.90. The zero-order valence-corrected chi connectivity index (χ0v) is 9.65. The number of hydrogen-bond acceptors (Lipinski definition) is 8. The molecule has 1 rings (SSSR count). The highest BCUT2D eigenvalue weighted by atomic mass is 16.5. The van der Waals surface area contributed by atoms with Gasteiger partial charge in [0.15, 0.2) is 0 Å². The molecule has 0 atom stereocenters. The van der Waals surface area contributed by atoms with Crippen molar-refractivity contribution in [3.63, 3.8) is 0 Å². The number of hydrazine groups is 1. The number of aromatic nitrogens is 3. The predicted octanol–water partition coefficient (Wildman–Crippen LogP) is -1.29. The Hall–Kier alpha value is -2.16. The third-order valence-electron chi connectivity index (χ3n) is 1.84. The van der Waals surface area contributed by atoms with Crippen LogP contribution in [0.15, 0.2) is 0 Å². The van der Waals surface area contributed by atoms with Gasteiger partial charge in [-0.05, 0) is 0 Å². The second-order valence-electron chi connectivity index (χ2n) is 2.96. The van der Waals surface area contributed by atoms with Crippen molar-refractivity contribution < 1.29 is 9.53 Å². The fourth-order valence-corrected chi connectivity index (χ4v) is 1.00. The van der Waals surface area contributed by atoms with Crippen LogP contribution in [0.25, 0.3) is 0 Å². The fourth-order valence-electron chi connectivity index (χ4n) is 1.00. The van der Waals surface area contributed by atoms with E-state index in [0.717, 1.165) is 0 Å². The molecule has 1 heterocycles. The number of nitrogens with zero attached hydrogens (tertiary/aromatic N) is 3. The van der Waals surface area contributed by atoms with Gasteiger partial charge in [-0.2, -0.15) is 15.0 Å².